The molecule has 8 heteroatoms. The number of ether oxygens (including phenoxy) is 2. The molecule has 2 amide bonds. The molecule has 0 aliphatic carbocycles. The molecule has 0 fully saturated rings. The van der Waals surface area contributed by atoms with Gasteiger partial charge in [-0.3, -0.25) is 0 Å². The molecule has 0 aliphatic heterocycles. The number of carbonyl (C=O) groups excluding carboxylic acids is 2. The number of carbonyl (C=O) groups is 2. The molecule has 1 aromatic carbocycles. The molecule has 0 spiro atoms. The zero-order chi connectivity index (χ0) is 18.9. The van der Waals surface area contributed by atoms with Crippen LogP contribution in [0.1, 0.15) is 28.9 Å². The van der Waals surface area contributed by atoms with Gasteiger partial charge < -0.3 is 24.1 Å². The van der Waals surface area contributed by atoms with E-state index in [2.05, 4.69) is 15.0 Å². The predicted molar refractivity (Wildman–Crippen MR) is 95.0 cm³/mol. The van der Waals surface area contributed by atoms with Crippen molar-refractivity contribution in [1.29, 1.82) is 0 Å². The molecule has 2 rings (SSSR count). The number of anilines is 1. The summed E-state index contributed by atoms with van der Waals surface area (Å²) in [6, 6.07) is 7.33. The minimum absolute atomic E-state index is 0.0604. The summed E-state index contributed by atoms with van der Waals surface area (Å²) in [7, 11) is 2.82. The Morgan fingerprint density at radius 3 is 2.81 bits per heavy atom. The molecule has 0 aliphatic rings. The van der Waals surface area contributed by atoms with Crippen molar-refractivity contribution in [3.8, 4) is 0 Å². The Morgan fingerprint density at radius 1 is 1.31 bits per heavy atom. The molecule has 1 N–H and O–H groups in total. The average Bonchev–Trinajstić information content (AvgIpc) is 3.13. The van der Waals surface area contributed by atoms with Crippen LogP contribution >= 0.6 is 0 Å². The van der Waals surface area contributed by atoms with Crippen LogP contribution in [0.4, 0.5) is 10.5 Å². The molecular formula is C18H23N3O5. The first kappa shape index (κ1) is 19.5. The van der Waals surface area contributed by atoms with Crippen molar-refractivity contribution in [1.82, 2.24) is 9.88 Å². The van der Waals surface area contributed by atoms with Gasteiger partial charge in [0.1, 0.15) is 6.26 Å². The Bertz CT molecular complexity index is 744. The van der Waals surface area contributed by atoms with Crippen molar-refractivity contribution in [2.75, 3.05) is 32.7 Å². The molecule has 2 aromatic rings. The van der Waals surface area contributed by atoms with Gasteiger partial charge in [-0.05, 0) is 24.1 Å². The molecule has 8 nitrogen and oxygen atoms in total. The van der Waals surface area contributed by atoms with Crippen molar-refractivity contribution in [2.45, 2.75) is 19.9 Å². The maximum absolute atomic E-state index is 12.6. The highest BCUT2D eigenvalue weighted by atomic mass is 16.5. The fraction of sp³-hybridized carbons (Fsp3) is 0.389. The van der Waals surface area contributed by atoms with E-state index < -0.39 is 5.97 Å². The van der Waals surface area contributed by atoms with E-state index in [-0.39, 0.29) is 24.2 Å². The van der Waals surface area contributed by atoms with Gasteiger partial charge in [0.2, 0.25) is 5.89 Å². The summed E-state index contributed by atoms with van der Waals surface area (Å²) in [5.41, 5.74) is 1.89. The second kappa shape index (κ2) is 9.57. The first-order valence-corrected chi connectivity index (χ1v) is 8.23. The van der Waals surface area contributed by atoms with Crippen molar-refractivity contribution < 1.29 is 23.5 Å². The molecule has 0 radical (unpaired) electrons. The number of urea groups is 1. The fourth-order valence-corrected chi connectivity index (χ4v) is 2.27. The number of esters is 1. The Kier molecular flexibility index (Phi) is 7.16. The highest BCUT2D eigenvalue weighted by Gasteiger charge is 2.19. The molecule has 0 unspecified atom stereocenters. The summed E-state index contributed by atoms with van der Waals surface area (Å²) in [6.45, 7) is 2.84. The van der Waals surface area contributed by atoms with Crippen LogP contribution < -0.4 is 5.32 Å². The number of hydrogen-bond acceptors (Lipinski definition) is 6. The van der Waals surface area contributed by atoms with Gasteiger partial charge in [0.25, 0.3) is 0 Å². The third-order valence-corrected chi connectivity index (χ3v) is 3.71. The second-order valence-corrected chi connectivity index (χ2v) is 5.52. The van der Waals surface area contributed by atoms with Gasteiger partial charge in [-0.1, -0.05) is 19.1 Å². The normalized spacial score (nSPS) is 10.4. The first-order valence-electron chi connectivity index (χ1n) is 8.23. The number of rotatable bonds is 8. The minimum atomic E-state index is -0.593. The first-order chi connectivity index (χ1) is 12.6. The predicted octanol–water partition coefficient (Wildman–Crippen LogP) is 2.70. The molecule has 0 bridgehead atoms. The van der Waals surface area contributed by atoms with Gasteiger partial charge in [-0.2, -0.15) is 0 Å². The van der Waals surface area contributed by atoms with E-state index in [0.29, 0.717) is 18.8 Å². The number of aryl methyl sites for hydroxylation is 1. The summed E-state index contributed by atoms with van der Waals surface area (Å²) in [5.74, 6) is -0.358. The molecule has 1 aromatic heterocycles. The van der Waals surface area contributed by atoms with Crippen LogP contribution in [0.15, 0.2) is 34.9 Å². The van der Waals surface area contributed by atoms with E-state index in [9.17, 15) is 9.59 Å². The van der Waals surface area contributed by atoms with Crippen molar-refractivity contribution >= 4 is 17.7 Å². The van der Waals surface area contributed by atoms with Crippen LogP contribution in [-0.4, -0.2) is 49.3 Å². The zero-order valence-corrected chi connectivity index (χ0v) is 15.2. The monoisotopic (exact) mass is 361 g/mol. The summed E-state index contributed by atoms with van der Waals surface area (Å²) < 4.78 is 14.9. The number of methoxy groups -OCH3 is 2. The SMILES string of the molecule is CCc1cccc(NC(=O)N(CCOC)Cc2nc(C(=O)OC)co2)c1. The van der Waals surface area contributed by atoms with E-state index in [1.54, 1.807) is 7.11 Å². The minimum Gasteiger partial charge on any atom is -0.464 e. The highest BCUT2D eigenvalue weighted by Crippen LogP contribution is 2.13. The lowest BCUT2D eigenvalue weighted by atomic mass is 10.1. The van der Waals surface area contributed by atoms with Crippen LogP contribution in [0.3, 0.4) is 0 Å². The Labute approximate surface area is 152 Å². The molecule has 1 heterocycles. The molecule has 140 valence electrons. The summed E-state index contributed by atoms with van der Waals surface area (Å²) >= 11 is 0. The highest BCUT2D eigenvalue weighted by molar-refractivity contribution is 5.89. The Balaban J connectivity index is 2.08. The lowest BCUT2D eigenvalue weighted by molar-refractivity contribution is 0.0594. The van der Waals surface area contributed by atoms with Gasteiger partial charge in [-0.15, -0.1) is 0 Å². The van der Waals surface area contributed by atoms with Gasteiger partial charge in [-0.25, -0.2) is 14.6 Å². The van der Waals surface area contributed by atoms with Gasteiger partial charge in [0.15, 0.2) is 5.69 Å². The Hall–Kier alpha value is -2.87. The summed E-state index contributed by atoms with van der Waals surface area (Å²) in [6.07, 6.45) is 2.09. The molecule has 0 saturated carbocycles. The third-order valence-electron chi connectivity index (χ3n) is 3.71. The van der Waals surface area contributed by atoms with Crippen LogP contribution in [0.2, 0.25) is 0 Å². The lowest BCUT2D eigenvalue weighted by Gasteiger charge is -2.21. The van der Waals surface area contributed by atoms with Gasteiger partial charge in [0, 0.05) is 19.3 Å². The number of oxazole rings is 1. The summed E-state index contributed by atoms with van der Waals surface area (Å²) in [5, 5.41) is 2.86. The van der Waals surface area contributed by atoms with Crippen molar-refractivity contribution in [3.05, 3.63) is 47.7 Å². The number of benzene rings is 1. The number of hydrogen-bond donors (Lipinski definition) is 1. The third kappa shape index (κ3) is 5.32. The molecule has 26 heavy (non-hydrogen) atoms. The topological polar surface area (TPSA) is 93.9 Å². The smallest absolute Gasteiger partial charge is 0.360 e. The molecular weight excluding hydrogens is 338 g/mol. The van der Waals surface area contributed by atoms with Crippen molar-refractivity contribution in [3.63, 3.8) is 0 Å². The van der Waals surface area contributed by atoms with Gasteiger partial charge in [0.05, 0.1) is 20.3 Å². The number of nitrogens with one attached hydrogen (secondary N) is 1. The molecule has 0 saturated heterocycles. The van der Waals surface area contributed by atoms with E-state index >= 15 is 0 Å². The fourth-order valence-electron chi connectivity index (χ4n) is 2.27. The van der Waals surface area contributed by atoms with E-state index in [1.807, 2.05) is 31.2 Å². The zero-order valence-electron chi connectivity index (χ0n) is 15.2. The number of aromatic nitrogens is 1. The van der Waals surface area contributed by atoms with E-state index in [4.69, 9.17) is 9.15 Å². The molecule has 0 atom stereocenters. The quantitative estimate of drug-likeness (QED) is 0.727. The number of nitrogens with zero attached hydrogens (tertiary/aromatic N) is 2. The maximum Gasteiger partial charge on any atom is 0.360 e. The van der Waals surface area contributed by atoms with Crippen LogP contribution in [0, 0.1) is 0 Å². The second-order valence-electron chi connectivity index (χ2n) is 5.52. The Morgan fingerprint density at radius 2 is 2.12 bits per heavy atom. The van der Waals surface area contributed by atoms with Gasteiger partial charge >= 0.3 is 12.0 Å². The number of amides is 2. The van der Waals surface area contributed by atoms with E-state index in [1.165, 1.54) is 18.3 Å². The van der Waals surface area contributed by atoms with E-state index in [0.717, 1.165) is 12.0 Å². The lowest BCUT2D eigenvalue weighted by Crippen LogP contribution is -2.37. The largest absolute Gasteiger partial charge is 0.464 e. The maximum atomic E-state index is 12.6. The average molecular weight is 361 g/mol. The summed E-state index contributed by atoms with van der Waals surface area (Å²) in [4.78, 5) is 29.6. The van der Waals surface area contributed by atoms with Crippen molar-refractivity contribution in [2.24, 2.45) is 0 Å². The van der Waals surface area contributed by atoms with Crippen LogP contribution in [0.5, 0.6) is 0 Å². The standard InChI is InChI=1S/C18H23N3O5/c1-4-13-6-5-7-14(10-13)19-18(23)21(8-9-24-2)11-16-20-15(12-26-16)17(22)25-3/h5-7,10,12H,4,8-9,11H2,1-3H3,(H,19,23). The van der Waals surface area contributed by atoms with Crippen LogP contribution in [0.25, 0.3) is 0 Å². The van der Waals surface area contributed by atoms with Crippen LogP contribution in [-0.2, 0) is 22.4 Å².